The molecule has 1 aromatic rings. The van der Waals surface area contributed by atoms with Gasteiger partial charge in [-0.1, -0.05) is 5.16 Å². The Morgan fingerprint density at radius 3 is 2.45 bits per heavy atom. The number of nitrogens with zero attached hydrogens (tertiary/aromatic N) is 2. The summed E-state index contributed by atoms with van der Waals surface area (Å²) < 4.78 is 4.69. The summed E-state index contributed by atoms with van der Waals surface area (Å²) in [5.74, 6) is -1.25. The SMILES string of the molecule is Cl.NC(=NO)c1ccc(N2CC(C(=O)O)OC2=O)cc1. The van der Waals surface area contributed by atoms with Crippen molar-refractivity contribution in [2.75, 3.05) is 11.4 Å². The van der Waals surface area contributed by atoms with Gasteiger partial charge in [-0.05, 0) is 24.3 Å². The fourth-order valence-electron chi connectivity index (χ4n) is 1.67. The third-order valence-electron chi connectivity index (χ3n) is 2.67. The molecule has 0 aliphatic carbocycles. The Bertz CT molecular complexity index is 545. The van der Waals surface area contributed by atoms with Crippen LogP contribution in [0.25, 0.3) is 0 Å². The molecule has 20 heavy (non-hydrogen) atoms. The number of ether oxygens (including phenoxy) is 1. The number of benzene rings is 1. The van der Waals surface area contributed by atoms with Crippen LogP contribution >= 0.6 is 12.4 Å². The minimum atomic E-state index is -1.19. The number of carboxylic acid groups (broad SMARTS) is 1. The Morgan fingerprint density at radius 1 is 1.40 bits per heavy atom. The van der Waals surface area contributed by atoms with Crippen LogP contribution in [0.5, 0.6) is 0 Å². The zero-order chi connectivity index (χ0) is 14.0. The standard InChI is InChI=1S/C11H11N3O5.ClH/c12-9(13-18)6-1-3-7(4-2-6)14-5-8(10(15)16)19-11(14)17;/h1-4,8,18H,5H2,(H2,12,13)(H,15,16);1H. The second-order valence-electron chi connectivity index (χ2n) is 3.85. The first-order valence-electron chi connectivity index (χ1n) is 5.32. The van der Waals surface area contributed by atoms with E-state index in [1.165, 1.54) is 4.90 Å². The topological polar surface area (TPSA) is 125 Å². The molecule has 108 valence electrons. The van der Waals surface area contributed by atoms with Gasteiger partial charge in [-0.15, -0.1) is 12.4 Å². The number of aliphatic carboxylic acids is 1. The second-order valence-corrected chi connectivity index (χ2v) is 3.85. The van der Waals surface area contributed by atoms with E-state index in [1.54, 1.807) is 24.3 Å². The van der Waals surface area contributed by atoms with Gasteiger partial charge in [0.1, 0.15) is 0 Å². The lowest BCUT2D eigenvalue weighted by Gasteiger charge is -2.12. The molecule has 1 aliphatic rings. The first kappa shape index (κ1) is 15.6. The van der Waals surface area contributed by atoms with E-state index in [-0.39, 0.29) is 24.8 Å². The summed E-state index contributed by atoms with van der Waals surface area (Å²) in [4.78, 5) is 23.5. The van der Waals surface area contributed by atoms with E-state index in [4.69, 9.17) is 16.0 Å². The number of rotatable bonds is 3. The first-order valence-corrected chi connectivity index (χ1v) is 5.32. The summed E-state index contributed by atoms with van der Waals surface area (Å²) in [7, 11) is 0. The lowest BCUT2D eigenvalue weighted by atomic mass is 10.2. The minimum Gasteiger partial charge on any atom is -0.478 e. The van der Waals surface area contributed by atoms with Crippen LogP contribution in [-0.2, 0) is 9.53 Å². The highest BCUT2D eigenvalue weighted by Gasteiger charge is 2.36. The molecular formula is C11H12ClN3O5. The van der Waals surface area contributed by atoms with Gasteiger partial charge in [0, 0.05) is 11.3 Å². The molecule has 4 N–H and O–H groups in total. The van der Waals surface area contributed by atoms with Gasteiger partial charge in [-0.3, -0.25) is 4.90 Å². The number of carbonyl (C=O) groups is 2. The highest BCUT2D eigenvalue weighted by atomic mass is 35.5. The largest absolute Gasteiger partial charge is 0.478 e. The number of amidine groups is 1. The number of anilines is 1. The maximum absolute atomic E-state index is 11.5. The van der Waals surface area contributed by atoms with E-state index < -0.39 is 18.2 Å². The van der Waals surface area contributed by atoms with Crippen molar-refractivity contribution in [2.45, 2.75) is 6.10 Å². The zero-order valence-electron chi connectivity index (χ0n) is 10.1. The number of cyclic esters (lactones) is 1. The van der Waals surface area contributed by atoms with Crippen molar-refractivity contribution in [1.82, 2.24) is 0 Å². The number of hydrogen-bond acceptors (Lipinski definition) is 5. The summed E-state index contributed by atoms with van der Waals surface area (Å²) in [6.07, 6.45) is -1.89. The summed E-state index contributed by atoms with van der Waals surface area (Å²) in [6, 6.07) is 6.20. The maximum Gasteiger partial charge on any atom is 0.415 e. The Balaban J connectivity index is 0.00000200. The van der Waals surface area contributed by atoms with Gasteiger partial charge in [0.25, 0.3) is 0 Å². The van der Waals surface area contributed by atoms with E-state index in [0.717, 1.165) is 0 Å². The predicted octanol–water partition coefficient (Wildman–Crippen LogP) is 0.613. The highest BCUT2D eigenvalue weighted by molar-refractivity contribution is 5.98. The fourth-order valence-corrected chi connectivity index (χ4v) is 1.67. The average molecular weight is 302 g/mol. The van der Waals surface area contributed by atoms with Gasteiger partial charge in [-0.25, -0.2) is 9.59 Å². The van der Waals surface area contributed by atoms with Crippen LogP contribution in [0.1, 0.15) is 5.56 Å². The van der Waals surface area contributed by atoms with Gasteiger partial charge in [0.05, 0.1) is 6.54 Å². The Morgan fingerprint density at radius 2 is 2.00 bits per heavy atom. The molecule has 0 saturated carbocycles. The maximum atomic E-state index is 11.5. The van der Waals surface area contributed by atoms with Crippen molar-refractivity contribution < 1.29 is 24.6 Å². The molecule has 1 aliphatic heterocycles. The molecule has 2 rings (SSSR count). The molecule has 0 aromatic heterocycles. The summed E-state index contributed by atoms with van der Waals surface area (Å²) in [6.45, 7) is -0.0584. The van der Waals surface area contributed by atoms with Crippen molar-refractivity contribution in [3.63, 3.8) is 0 Å². The molecule has 0 bridgehead atoms. The lowest BCUT2D eigenvalue weighted by Crippen LogP contribution is -2.27. The number of oxime groups is 1. The third-order valence-corrected chi connectivity index (χ3v) is 2.67. The number of amides is 1. The van der Waals surface area contributed by atoms with Gasteiger partial charge in [-0.2, -0.15) is 0 Å². The first-order chi connectivity index (χ1) is 9.02. The number of halogens is 1. The van der Waals surface area contributed by atoms with Crippen LogP contribution < -0.4 is 10.6 Å². The number of hydrogen-bond donors (Lipinski definition) is 3. The van der Waals surface area contributed by atoms with Crippen LogP contribution in [-0.4, -0.2) is 40.9 Å². The predicted molar refractivity (Wildman–Crippen MR) is 71.5 cm³/mol. The minimum absolute atomic E-state index is 0. The van der Waals surface area contributed by atoms with Crippen molar-refractivity contribution >= 4 is 36.0 Å². The molecule has 1 unspecified atom stereocenters. The van der Waals surface area contributed by atoms with E-state index in [9.17, 15) is 9.59 Å². The van der Waals surface area contributed by atoms with Crippen molar-refractivity contribution in [3.8, 4) is 0 Å². The van der Waals surface area contributed by atoms with E-state index in [0.29, 0.717) is 11.3 Å². The Kier molecular flexibility index (Phi) is 4.76. The van der Waals surface area contributed by atoms with Crippen LogP contribution in [0, 0.1) is 0 Å². The molecule has 8 nitrogen and oxygen atoms in total. The van der Waals surface area contributed by atoms with Crippen LogP contribution in [0.4, 0.5) is 10.5 Å². The van der Waals surface area contributed by atoms with Crippen LogP contribution in [0.2, 0.25) is 0 Å². The average Bonchev–Trinajstić information content (AvgIpc) is 2.80. The van der Waals surface area contributed by atoms with E-state index in [2.05, 4.69) is 9.89 Å². The molecule has 9 heteroatoms. The summed E-state index contributed by atoms with van der Waals surface area (Å²) >= 11 is 0. The molecule has 1 saturated heterocycles. The molecule has 1 atom stereocenters. The molecule has 0 radical (unpaired) electrons. The van der Waals surface area contributed by atoms with Gasteiger partial charge in [0.2, 0.25) is 6.10 Å². The van der Waals surface area contributed by atoms with Gasteiger partial charge >= 0.3 is 12.1 Å². The fraction of sp³-hybridized carbons (Fsp3) is 0.182. The van der Waals surface area contributed by atoms with Crippen LogP contribution in [0.15, 0.2) is 29.4 Å². The molecule has 1 aromatic carbocycles. The van der Waals surface area contributed by atoms with E-state index in [1.807, 2.05) is 0 Å². The summed E-state index contributed by atoms with van der Waals surface area (Å²) in [5, 5.41) is 20.1. The van der Waals surface area contributed by atoms with Crippen LogP contribution in [0.3, 0.4) is 0 Å². The molecular weight excluding hydrogens is 290 g/mol. The molecule has 1 amide bonds. The number of carboxylic acids is 1. The van der Waals surface area contributed by atoms with Crippen molar-refractivity contribution in [1.29, 1.82) is 0 Å². The molecule has 0 spiro atoms. The quantitative estimate of drug-likeness (QED) is 0.325. The monoisotopic (exact) mass is 301 g/mol. The summed E-state index contributed by atoms with van der Waals surface area (Å²) in [5.41, 5.74) is 6.36. The zero-order valence-corrected chi connectivity index (χ0v) is 10.9. The van der Waals surface area contributed by atoms with Gasteiger partial charge in [0.15, 0.2) is 5.84 Å². The lowest BCUT2D eigenvalue weighted by molar-refractivity contribution is -0.144. The molecule has 1 heterocycles. The van der Waals surface area contributed by atoms with E-state index >= 15 is 0 Å². The highest BCUT2D eigenvalue weighted by Crippen LogP contribution is 2.22. The second kappa shape index (κ2) is 6.11. The normalized spacial score (nSPS) is 18.4. The van der Waals surface area contributed by atoms with Crippen molar-refractivity contribution in [3.05, 3.63) is 29.8 Å². The smallest absolute Gasteiger partial charge is 0.415 e. The van der Waals surface area contributed by atoms with Crippen molar-refractivity contribution in [2.24, 2.45) is 10.9 Å². The van der Waals surface area contributed by atoms with Gasteiger partial charge < -0.3 is 20.8 Å². The molecule has 1 fully saturated rings. The number of nitrogens with two attached hydrogens (primary N) is 1. The third kappa shape index (κ3) is 2.91. The number of carbonyl (C=O) groups excluding carboxylic acids is 1. The Labute approximate surface area is 119 Å². The Hall–Kier alpha value is -2.48.